The van der Waals surface area contributed by atoms with Gasteiger partial charge in [0.15, 0.2) is 0 Å². The highest BCUT2D eigenvalue weighted by Crippen LogP contribution is 2.33. The van der Waals surface area contributed by atoms with Crippen molar-refractivity contribution in [2.75, 3.05) is 0 Å². The molecule has 0 saturated carbocycles. The Morgan fingerprint density at radius 3 is 2.67 bits per heavy atom. The Morgan fingerprint density at radius 1 is 1.20 bits per heavy atom. The largest absolute Gasteiger partial charge is 0.286 e. The van der Waals surface area contributed by atoms with Crippen LogP contribution >= 0.6 is 0 Å². The predicted molar refractivity (Wildman–Crippen MR) is 72.8 cm³/mol. The molecule has 2 rings (SSSR count). The third-order valence-electron chi connectivity index (χ3n) is 2.79. The summed E-state index contributed by atoms with van der Waals surface area (Å²) in [7, 11) is 0. The summed E-state index contributed by atoms with van der Waals surface area (Å²) in [6.07, 6.45) is 13.4. The molecule has 1 heterocycles. The minimum atomic E-state index is 0. The molecule has 0 spiro atoms. The first kappa shape index (κ1) is 16.6. The molecule has 15 heavy (non-hydrogen) atoms. The van der Waals surface area contributed by atoms with Crippen LogP contribution in [0.5, 0.6) is 0 Å². The van der Waals surface area contributed by atoms with Crippen molar-refractivity contribution in [1.82, 2.24) is 0 Å². The fourth-order valence-corrected chi connectivity index (χ4v) is 1.96. The van der Waals surface area contributed by atoms with Crippen LogP contribution in [0.3, 0.4) is 0 Å². The fourth-order valence-electron chi connectivity index (χ4n) is 1.96. The molecular formula is C14H27N. The van der Waals surface area contributed by atoms with Crippen LogP contribution < -0.4 is 0 Å². The van der Waals surface area contributed by atoms with Crippen molar-refractivity contribution in [3.05, 3.63) is 23.8 Å². The van der Waals surface area contributed by atoms with Crippen LogP contribution in [0.1, 0.15) is 54.9 Å². The van der Waals surface area contributed by atoms with Crippen molar-refractivity contribution in [2.24, 2.45) is 4.99 Å². The number of rotatable bonds is 0. The molecule has 1 nitrogen and oxygen atoms in total. The van der Waals surface area contributed by atoms with Crippen molar-refractivity contribution in [1.29, 1.82) is 0 Å². The fraction of sp³-hybridized carbons (Fsp3) is 0.643. The van der Waals surface area contributed by atoms with Crippen molar-refractivity contribution in [3.63, 3.8) is 0 Å². The summed E-state index contributed by atoms with van der Waals surface area (Å²) in [5.74, 6) is 0. The molecule has 88 valence electrons. The first-order valence-electron chi connectivity index (χ1n) is 4.69. The Bertz CT molecular complexity index is 261. The SMILES string of the molecule is C.C.C.CC12CC=CCC=C1CCC=N2. The summed E-state index contributed by atoms with van der Waals surface area (Å²) in [4.78, 5) is 4.60. The van der Waals surface area contributed by atoms with Gasteiger partial charge in [0.25, 0.3) is 0 Å². The Balaban J connectivity index is 0. The molecule has 1 heteroatoms. The van der Waals surface area contributed by atoms with Crippen molar-refractivity contribution >= 4 is 6.21 Å². The van der Waals surface area contributed by atoms with Crippen LogP contribution in [0, 0.1) is 0 Å². The lowest BCUT2D eigenvalue weighted by molar-refractivity contribution is 0.529. The second-order valence-electron chi connectivity index (χ2n) is 3.76. The smallest absolute Gasteiger partial charge is 0.0819 e. The summed E-state index contributed by atoms with van der Waals surface area (Å²) in [5.41, 5.74) is 1.64. The van der Waals surface area contributed by atoms with Gasteiger partial charge in [0.05, 0.1) is 5.54 Å². The molecule has 1 unspecified atom stereocenters. The number of nitrogens with zero attached hydrogens (tertiary/aromatic N) is 1. The Morgan fingerprint density at radius 2 is 1.93 bits per heavy atom. The second-order valence-corrected chi connectivity index (χ2v) is 3.76. The number of hydrogen-bond acceptors (Lipinski definition) is 1. The summed E-state index contributed by atoms with van der Waals surface area (Å²) >= 11 is 0. The number of aliphatic imine (C=N–C) groups is 1. The molecule has 0 amide bonds. The normalized spacial score (nSPS) is 27.1. The zero-order chi connectivity index (χ0) is 8.44. The van der Waals surface area contributed by atoms with Crippen molar-refractivity contribution < 1.29 is 0 Å². The average molecular weight is 209 g/mol. The minimum absolute atomic E-state index is 0. The lowest BCUT2D eigenvalue weighted by Gasteiger charge is -2.29. The quantitative estimate of drug-likeness (QED) is 0.508. The molecule has 0 aromatic heterocycles. The maximum absolute atomic E-state index is 4.60. The van der Waals surface area contributed by atoms with E-state index in [2.05, 4.69) is 36.4 Å². The van der Waals surface area contributed by atoms with E-state index in [1.54, 1.807) is 0 Å². The van der Waals surface area contributed by atoms with Crippen LogP contribution in [0.15, 0.2) is 28.8 Å². The van der Waals surface area contributed by atoms with Crippen LogP contribution in [0.4, 0.5) is 0 Å². The molecular weight excluding hydrogens is 182 g/mol. The second kappa shape index (κ2) is 6.60. The molecule has 0 fully saturated rings. The monoisotopic (exact) mass is 209 g/mol. The predicted octanol–water partition coefficient (Wildman–Crippen LogP) is 4.79. The van der Waals surface area contributed by atoms with Crippen LogP contribution in [-0.2, 0) is 0 Å². The summed E-state index contributed by atoms with van der Waals surface area (Å²) in [6.45, 7) is 2.24. The molecule has 0 aromatic rings. The standard InChI is InChI=1S/C11H15N.3CH4/c1-11-8-4-2-3-6-10(11)7-5-9-12-11;;;/h2,4,6,9H,3,5,7-8H2,1H3;3*1H4. The van der Waals surface area contributed by atoms with Gasteiger partial charge in [-0.05, 0) is 38.2 Å². The molecule has 0 bridgehead atoms. The Hall–Kier alpha value is -0.850. The van der Waals surface area contributed by atoms with Gasteiger partial charge in [0, 0.05) is 6.21 Å². The summed E-state index contributed by atoms with van der Waals surface area (Å²) in [6, 6.07) is 0. The van der Waals surface area contributed by atoms with E-state index in [0.29, 0.717) is 0 Å². The van der Waals surface area contributed by atoms with E-state index < -0.39 is 0 Å². The van der Waals surface area contributed by atoms with Gasteiger partial charge < -0.3 is 0 Å². The maximum atomic E-state index is 4.60. The van der Waals surface area contributed by atoms with E-state index in [-0.39, 0.29) is 27.8 Å². The van der Waals surface area contributed by atoms with Gasteiger partial charge in [-0.2, -0.15) is 0 Å². The van der Waals surface area contributed by atoms with Crippen LogP contribution in [0.2, 0.25) is 0 Å². The average Bonchev–Trinajstić information content (AvgIpc) is 2.25. The highest BCUT2D eigenvalue weighted by atomic mass is 14.9. The van der Waals surface area contributed by atoms with Gasteiger partial charge in [-0.1, -0.05) is 40.5 Å². The van der Waals surface area contributed by atoms with E-state index in [1.165, 1.54) is 12.0 Å². The molecule has 0 aromatic carbocycles. The number of hydrogen-bond donors (Lipinski definition) is 0. The third-order valence-corrected chi connectivity index (χ3v) is 2.79. The van der Waals surface area contributed by atoms with Gasteiger partial charge in [0.2, 0.25) is 0 Å². The van der Waals surface area contributed by atoms with Gasteiger partial charge >= 0.3 is 0 Å². The molecule has 0 radical (unpaired) electrons. The highest BCUT2D eigenvalue weighted by Gasteiger charge is 2.28. The highest BCUT2D eigenvalue weighted by molar-refractivity contribution is 5.62. The number of allylic oxidation sites excluding steroid dienone is 2. The van der Waals surface area contributed by atoms with E-state index in [1.807, 2.05) is 0 Å². The zero-order valence-corrected chi connectivity index (χ0v) is 7.59. The first-order chi connectivity index (χ1) is 5.81. The van der Waals surface area contributed by atoms with E-state index in [4.69, 9.17) is 0 Å². The van der Waals surface area contributed by atoms with Gasteiger partial charge in [0.1, 0.15) is 0 Å². The Labute approximate surface area is 96.0 Å². The lowest BCUT2D eigenvalue weighted by atomic mass is 9.84. The topological polar surface area (TPSA) is 12.4 Å². The third kappa shape index (κ3) is 3.33. The molecule has 1 atom stereocenters. The van der Waals surface area contributed by atoms with E-state index >= 15 is 0 Å². The Kier molecular flexibility index (Phi) is 7.29. The van der Waals surface area contributed by atoms with Crippen molar-refractivity contribution in [3.8, 4) is 0 Å². The lowest BCUT2D eigenvalue weighted by Crippen LogP contribution is -2.26. The van der Waals surface area contributed by atoms with Gasteiger partial charge in [-0.25, -0.2) is 0 Å². The van der Waals surface area contributed by atoms with Crippen LogP contribution in [0.25, 0.3) is 0 Å². The summed E-state index contributed by atoms with van der Waals surface area (Å²) < 4.78 is 0. The van der Waals surface area contributed by atoms with Gasteiger partial charge in [-0.15, -0.1) is 0 Å². The molecule has 1 aliphatic heterocycles. The van der Waals surface area contributed by atoms with Crippen molar-refractivity contribution in [2.45, 2.75) is 60.4 Å². The van der Waals surface area contributed by atoms with Gasteiger partial charge in [-0.3, -0.25) is 4.99 Å². The van der Waals surface area contributed by atoms with E-state index in [0.717, 1.165) is 19.3 Å². The van der Waals surface area contributed by atoms with E-state index in [9.17, 15) is 0 Å². The first-order valence-corrected chi connectivity index (χ1v) is 4.69. The zero-order valence-electron chi connectivity index (χ0n) is 7.59. The molecule has 2 aliphatic rings. The minimum Gasteiger partial charge on any atom is -0.286 e. The number of fused-ring (bicyclic) bond motifs is 1. The molecule has 1 aliphatic carbocycles. The maximum Gasteiger partial charge on any atom is 0.0819 e. The summed E-state index contributed by atoms with van der Waals surface area (Å²) in [5, 5.41) is 0. The molecule has 0 N–H and O–H groups in total. The van der Waals surface area contributed by atoms with Crippen LogP contribution in [-0.4, -0.2) is 11.8 Å². The molecule has 0 saturated heterocycles.